The van der Waals surface area contributed by atoms with Crippen LogP contribution in [0.1, 0.15) is 24.0 Å². The summed E-state index contributed by atoms with van der Waals surface area (Å²) in [7, 11) is 1.64. The smallest absolute Gasteiger partial charge is 0.226 e. The van der Waals surface area contributed by atoms with Crippen LogP contribution in [0.4, 0.5) is 5.13 Å². The number of carbonyl (C=O) groups excluding carboxylic acids is 1. The van der Waals surface area contributed by atoms with Crippen LogP contribution >= 0.6 is 11.3 Å². The van der Waals surface area contributed by atoms with E-state index in [4.69, 9.17) is 4.74 Å². The fraction of sp³-hybridized carbons (Fsp3) is 0.429. The Balaban J connectivity index is 2.09. The van der Waals surface area contributed by atoms with Crippen molar-refractivity contribution in [3.05, 3.63) is 23.3 Å². The number of fused-ring (bicyclic) bond motifs is 1. The van der Waals surface area contributed by atoms with Gasteiger partial charge in [-0.25, -0.2) is 4.98 Å². The summed E-state index contributed by atoms with van der Waals surface area (Å²) in [5.74, 6) is -0.00881. The Hall–Kier alpha value is -1.46. The zero-order valence-electron chi connectivity index (χ0n) is 11.4. The van der Waals surface area contributed by atoms with E-state index >= 15 is 0 Å². The topological polar surface area (TPSA) is 51.2 Å². The number of anilines is 1. The summed E-state index contributed by atoms with van der Waals surface area (Å²) in [4.78, 5) is 16.2. The van der Waals surface area contributed by atoms with Gasteiger partial charge in [-0.05, 0) is 37.5 Å². The molecule has 0 saturated heterocycles. The molecule has 2 aromatic rings. The highest BCUT2D eigenvalue weighted by molar-refractivity contribution is 7.22. The van der Waals surface area contributed by atoms with Crippen LogP contribution in [-0.2, 0) is 9.53 Å². The second kappa shape index (κ2) is 6.12. The van der Waals surface area contributed by atoms with Gasteiger partial charge in [0.2, 0.25) is 5.91 Å². The highest BCUT2D eigenvalue weighted by Crippen LogP contribution is 2.29. The summed E-state index contributed by atoms with van der Waals surface area (Å²) in [5.41, 5.74) is 3.33. The van der Waals surface area contributed by atoms with Crippen LogP contribution in [0.15, 0.2) is 12.1 Å². The van der Waals surface area contributed by atoms with Crippen LogP contribution in [0, 0.1) is 13.8 Å². The molecule has 102 valence electrons. The number of rotatable bonds is 5. The van der Waals surface area contributed by atoms with Gasteiger partial charge in [0, 0.05) is 20.1 Å². The molecule has 1 aromatic carbocycles. The van der Waals surface area contributed by atoms with Crippen LogP contribution in [0.2, 0.25) is 0 Å². The van der Waals surface area contributed by atoms with Crippen molar-refractivity contribution in [1.82, 2.24) is 4.98 Å². The maximum absolute atomic E-state index is 11.7. The molecule has 1 heterocycles. The van der Waals surface area contributed by atoms with Crippen LogP contribution < -0.4 is 5.32 Å². The SMILES string of the molecule is COCCCC(=O)Nc1nc2c(C)cc(C)cc2s1. The van der Waals surface area contributed by atoms with E-state index in [9.17, 15) is 4.79 Å². The van der Waals surface area contributed by atoms with E-state index in [2.05, 4.69) is 29.4 Å². The van der Waals surface area contributed by atoms with Crippen LogP contribution in [0.5, 0.6) is 0 Å². The Morgan fingerprint density at radius 1 is 1.42 bits per heavy atom. The van der Waals surface area contributed by atoms with Gasteiger partial charge in [-0.3, -0.25) is 4.79 Å². The molecule has 0 aliphatic heterocycles. The number of benzene rings is 1. The van der Waals surface area contributed by atoms with E-state index in [1.807, 2.05) is 6.92 Å². The Kier molecular flexibility index (Phi) is 4.50. The first-order valence-electron chi connectivity index (χ1n) is 6.26. The minimum absolute atomic E-state index is 0.00881. The van der Waals surface area contributed by atoms with E-state index in [0.29, 0.717) is 18.2 Å². The van der Waals surface area contributed by atoms with Crippen molar-refractivity contribution in [1.29, 1.82) is 0 Å². The van der Waals surface area contributed by atoms with Crippen molar-refractivity contribution in [2.45, 2.75) is 26.7 Å². The number of thiazole rings is 1. The predicted molar refractivity (Wildman–Crippen MR) is 78.8 cm³/mol. The van der Waals surface area contributed by atoms with Crippen molar-refractivity contribution in [3.8, 4) is 0 Å². The van der Waals surface area contributed by atoms with Crippen molar-refractivity contribution >= 4 is 32.6 Å². The number of aromatic nitrogens is 1. The van der Waals surface area contributed by atoms with Gasteiger partial charge >= 0.3 is 0 Å². The number of carbonyl (C=O) groups is 1. The van der Waals surface area contributed by atoms with Crippen molar-refractivity contribution < 1.29 is 9.53 Å². The second-order valence-electron chi connectivity index (χ2n) is 4.59. The number of nitrogens with one attached hydrogen (secondary N) is 1. The highest BCUT2D eigenvalue weighted by Gasteiger charge is 2.09. The first-order valence-corrected chi connectivity index (χ1v) is 7.08. The molecular weight excluding hydrogens is 260 g/mol. The molecule has 0 atom stereocenters. The molecule has 0 aliphatic carbocycles. The van der Waals surface area contributed by atoms with Crippen molar-refractivity contribution in [2.75, 3.05) is 19.0 Å². The first-order chi connectivity index (χ1) is 9.10. The standard InChI is InChI=1S/C14H18N2O2S/c1-9-7-10(2)13-11(8-9)19-14(16-13)15-12(17)5-4-6-18-3/h7-8H,4-6H2,1-3H3,(H,15,16,17). The molecule has 0 spiro atoms. The second-order valence-corrected chi connectivity index (χ2v) is 5.62. The molecular formula is C14H18N2O2S. The molecule has 0 saturated carbocycles. The molecule has 19 heavy (non-hydrogen) atoms. The Bertz CT molecular complexity index is 592. The maximum Gasteiger partial charge on any atom is 0.226 e. The normalized spacial score (nSPS) is 10.9. The molecule has 1 N–H and O–H groups in total. The number of hydrogen-bond donors (Lipinski definition) is 1. The Morgan fingerprint density at radius 3 is 2.95 bits per heavy atom. The third-order valence-corrected chi connectivity index (χ3v) is 3.75. The van der Waals surface area contributed by atoms with Gasteiger partial charge in [-0.15, -0.1) is 0 Å². The van der Waals surface area contributed by atoms with E-state index in [1.54, 1.807) is 7.11 Å². The molecule has 1 aromatic heterocycles. The largest absolute Gasteiger partial charge is 0.385 e. The lowest BCUT2D eigenvalue weighted by atomic mass is 10.1. The van der Waals surface area contributed by atoms with E-state index in [1.165, 1.54) is 16.9 Å². The monoisotopic (exact) mass is 278 g/mol. The lowest BCUT2D eigenvalue weighted by Crippen LogP contribution is -2.11. The molecule has 5 heteroatoms. The number of nitrogens with zero attached hydrogens (tertiary/aromatic N) is 1. The number of methoxy groups -OCH3 is 1. The van der Waals surface area contributed by atoms with Gasteiger partial charge in [0.15, 0.2) is 5.13 Å². The number of amides is 1. The van der Waals surface area contributed by atoms with Gasteiger partial charge in [0.05, 0.1) is 10.2 Å². The van der Waals surface area contributed by atoms with Crippen molar-refractivity contribution in [2.24, 2.45) is 0 Å². The Morgan fingerprint density at radius 2 is 2.21 bits per heavy atom. The third-order valence-electron chi connectivity index (χ3n) is 2.83. The molecule has 4 nitrogen and oxygen atoms in total. The molecule has 1 amide bonds. The zero-order chi connectivity index (χ0) is 13.8. The summed E-state index contributed by atoms with van der Waals surface area (Å²) >= 11 is 1.52. The summed E-state index contributed by atoms with van der Waals surface area (Å²) in [6, 6.07) is 4.20. The summed E-state index contributed by atoms with van der Waals surface area (Å²) in [6.07, 6.45) is 1.19. The fourth-order valence-electron chi connectivity index (χ4n) is 1.98. The summed E-state index contributed by atoms with van der Waals surface area (Å²) < 4.78 is 6.04. The van der Waals surface area contributed by atoms with Crippen LogP contribution in [0.25, 0.3) is 10.2 Å². The van der Waals surface area contributed by atoms with Gasteiger partial charge < -0.3 is 10.1 Å². The van der Waals surface area contributed by atoms with E-state index in [0.717, 1.165) is 22.2 Å². The Labute approximate surface area is 116 Å². The minimum Gasteiger partial charge on any atom is -0.385 e. The molecule has 2 rings (SSSR count). The lowest BCUT2D eigenvalue weighted by Gasteiger charge is -2.00. The summed E-state index contributed by atoms with van der Waals surface area (Å²) in [5, 5.41) is 3.52. The molecule has 0 aliphatic rings. The highest BCUT2D eigenvalue weighted by atomic mass is 32.1. The molecule has 0 radical (unpaired) electrons. The zero-order valence-corrected chi connectivity index (χ0v) is 12.3. The predicted octanol–water partition coefficient (Wildman–Crippen LogP) is 3.28. The van der Waals surface area contributed by atoms with Crippen LogP contribution in [-0.4, -0.2) is 24.6 Å². The number of hydrogen-bond acceptors (Lipinski definition) is 4. The van der Waals surface area contributed by atoms with Gasteiger partial charge in [-0.2, -0.15) is 0 Å². The number of ether oxygens (including phenoxy) is 1. The van der Waals surface area contributed by atoms with Crippen LogP contribution in [0.3, 0.4) is 0 Å². The lowest BCUT2D eigenvalue weighted by molar-refractivity contribution is -0.116. The van der Waals surface area contributed by atoms with Gasteiger partial charge in [0.1, 0.15) is 0 Å². The molecule has 0 unspecified atom stereocenters. The van der Waals surface area contributed by atoms with Gasteiger partial charge in [-0.1, -0.05) is 17.4 Å². The molecule has 0 fully saturated rings. The quantitative estimate of drug-likeness (QED) is 0.854. The first kappa shape index (κ1) is 14.0. The van der Waals surface area contributed by atoms with E-state index < -0.39 is 0 Å². The van der Waals surface area contributed by atoms with Gasteiger partial charge in [0.25, 0.3) is 0 Å². The average molecular weight is 278 g/mol. The summed E-state index contributed by atoms with van der Waals surface area (Å²) in [6.45, 7) is 4.71. The maximum atomic E-state index is 11.7. The van der Waals surface area contributed by atoms with E-state index in [-0.39, 0.29) is 5.91 Å². The third kappa shape index (κ3) is 3.52. The minimum atomic E-state index is -0.00881. The van der Waals surface area contributed by atoms with Crippen molar-refractivity contribution in [3.63, 3.8) is 0 Å². The average Bonchev–Trinajstić information content (AvgIpc) is 2.72. The fourth-order valence-corrected chi connectivity index (χ4v) is 3.04. The molecule has 0 bridgehead atoms. The number of aryl methyl sites for hydroxylation is 2.